The molecule has 0 unspecified atom stereocenters. The molecule has 2 rings (SSSR count). The number of esters is 2. The van der Waals surface area contributed by atoms with Crippen LogP contribution in [0.15, 0.2) is 48.5 Å². The van der Waals surface area contributed by atoms with Gasteiger partial charge in [0.05, 0.1) is 23.3 Å². The lowest BCUT2D eigenvalue weighted by Crippen LogP contribution is -2.14. The monoisotopic (exact) mass is 562 g/mol. The van der Waals surface area contributed by atoms with Gasteiger partial charge in [0.1, 0.15) is 6.61 Å². The summed E-state index contributed by atoms with van der Waals surface area (Å²) in [6.07, 6.45) is 14.4. The second-order valence-corrected chi connectivity index (χ2v) is 10.4. The second-order valence-electron chi connectivity index (χ2n) is 10.4. The van der Waals surface area contributed by atoms with Crippen LogP contribution in [0.4, 0.5) is 13.2 Å². The zero-order chi connectivity index (χ0) is 29.1. The summed E-state index contributed by atoms with van der Waals surface area (Å²) in [5, 5.41) is 0. The van der Waals surface area contributed by atoms with Gasteiger partial charge in [0.25, 0.3) is 0 Å². The van der Waals surface area contributed by atoms with E-state index in [0.29, 0.717) is 5.56 Å². The maximum absolute atomic E-state index is 12.7. The van der Waals surface area contributed by atoms with Gasteiger partial charge in [-0.1, -0.05) is 121 Å². The molecule has 0 N–H and O–H groups in total. The van der Waals surface area contributed by atoms with Crippen LogP contribution in [0, 0.1) is 0 Å². The quantitative estimate of drug-likeness (QED) is 0.119. The first-order valence-corrected chi connectivity index (χ1v) is 14.9. The fourth-order valence-electron chi connectivity index (χ4n) is 4.57. The van der Waals surface area contributed by atoms with Crippen LogP contribution in [0.1, 0.15) is 135 Å². The third-order valence-electron chi connectivity index (χ3n) is 7.00. The molecule has 2 aromatic rings. The second kappa shape index (κ2) is 19.3. The number of unbranched alkanes of at least 4 members (excludes halogenated alkanes) is 14. The van der Waals surface area contributed by atoms with Crippen molar-refractivity contribution in [2.75, 3.05) is 6.61 Å². The predicted molar refractivity (Wildman–Crippen MR) is 152 cm³/mol. The molecule has 0 aliphatic rings. The Bertz CT molecular complexity index is 986. The highest BCUT2D eigenvalue weighted by atomic mass is 19.4. The molecule has 0 saturated heterocycles. The van der Waals surface area contributed by atoms with E-state index in [1.165, 1.54) is 101 Å². The van der Waals surface area contributed by atoms with Crippen LogP contribution in [0.5, 0.6) is 0 Å². The Hall–Kier alpha value is -2.83. The number of hydrogen-bond acceptors (Lipinski definition) is 4. The summed E-state index contributed by atoms with van der Waals surface area (Å²) in [6.45, 7) is 2.33. The maximum Gasteiger partial charge on any atom is 0.416 e. The first-order valence-electron chi connectivity index (χ1n) is 14.9. The summed E-state index contributed by atoms with van der Waals surface area (Å²) in [5.41, 5.74) is -0.184. The molecule has 0 bridgehead atoms. The predicted octanol–water partition coefficient (Wildman–Crippen LogP) is 10.1. The van der Waals surface area contributed by atoms with Gasteiger partial charge in [0.2, 0.25) is 0 Å². The van der Waals surface area contributed by atoms with E-state index in [9.17, 15) is 22.8 Å². The van der Waals surface area contributed by atoms with Gasteiger partial charge in [0.15, 0.2) is 0 Å². The van der Waals surface area contributed by atoms with Gasteiger partial charge in [-0.15, -0.1) is 0 Å². The van der Waals surface area contributed by atoms with E-state index in [1.54, 1.807) is 12.1 Å². The molecule has 0 aliphatic carbocycles. The van der Waals surface area contributed by atoms with Gasteiger partial charge in [0, 0.05) is 0 Å². The summed E-state index contributed by atoms with van der Waals surface area (Å²) in [6, 6.07) is 10.6. The van der Waals surface area contributed by atoms with Crippen LogP contribution in [-0.2, 0) is 22.3 Å². The van der Waals surface area contributed by atoms with Gasteiger partial charge >= 0.3 is 18.1 Å². The molecule has 0 amide bonds. The average Bonchev–Trinajstić information content (AvgIpc) is 2.95. The molecule has 0 atom stereocenters. The SMILES string of the molecule is CCCCCCCCCCCCCCCCCOC(=O)c1ccccc1C(=O)OCc1ccc(C(F)(F)F)cc1. The largest absolute Gasteiger partial charge is 0.462 e. The van der Waals surface area contributed by atoms with E-state index in [-0.39, 0.29) is 24.3 Å². The summed E-state index contributed by atoms with van der Waals surface area (Å²) in [7, 11) is 0. The van der Waals surface area contributed by atoms with Crippen LogP contribution in [0.3, 0.4) is 0 Å². The minimum absolute atomic E-state index is 0.0657. The van der Waals surface area contributed by atoms with Gasteiger partial charge in [-0.2, -0.15) is 13.2 Å². The van der Waals surface area contributed by atoms with Crippen LogP contribution >= 0.6 is 0 Å². The first kappa shape index (κ1) is 33.4. The fraction of sp³-hybridized carbons (Fsp3) is 0.576. The first-order chi connectivity index (χ1) is 19.3. The normalized spacial score (nSPS) is 11.4. The summed E-state index contributed by atoms with van der Waals surface area (Å²) in [4.78, 5) is 25.2. The molecular formula is C33H45F3O4. The fourth-order valence-corrected chi connectivity index (χ4v) is 4.57. The number of benzene rings is 2. The Labute approximate surface area is 237 Å². The Morgan fingerprint density at radius 3 is 1.48 bits per heavy atom. The zero-order valence-electron chi connectivity index (χ0n) is 23.9. The summed E-state index contributed by atoms with van der Waals surface area (Å²) < 4.78 is 48.8. The topological polar surface area (TPSA) is 52.6 Å². The van der Waals surface area contributed by atoms with Crippen molar-refractivity contribution in [2.24, 2.45) is 0 Å². The van der Waals surface area contributed by atoms with Gasteiger partial charge in [-0.25, -0.2) is 9.59 Å². The molecule has 7 heteroatoms. The van der Waals surface area contributed by atoms with Crippen molar-refractivity contribution in [1.29, 1.82) is 0 Å². The molecule has 4 nitrogen and oxygen atoms in total. The zero-order valence-corrected chi connectivity index (χ0v) is 23.9. The van der Waals surface area contributed by atoms with Gasteiger partial charge in [-0.3, -0.25) is 0 Å². The van der Waals surface area contributed by atoms with Crippen molar-refractivity contribution < 1.29 is 32.2 Å². The highest BCUT2D eigenvalue weighted by molar-refractivity contribution is 6.03. The van der Waals surface area contributed by atoms with Gasteiger partial charge < -0.3 is 9.47 Å². The van der Waals surface area contributed by atoms with Crippen LogP contribution in [-0.4, -0.2) is 18.5 Å². The van der Waals surface area contributed by atoms with Gasteiger partial charge in [-0.05, 0) is 36.2 Å². The van der Waals surface area contributed by atoms with Crippen molar-refractivity contribution in [3.8, 4) is 0 Å². The highest BCUT2D eigenvalue weighted by Gasteiger charge is 2.30. The van der Waals surface area contributed by atoms with E-state index < -0.39 is 23.7 Å². The van der Waals surface area contributed by atoms with E-state index in [0.717, 1.165) is 31.4 Å². The van der Waals surface area contributed by atoms with Crippen LogP contribution in [0.25, 0.3) is 0 Å². The van der Waals surface area contributed by atoms with E-state index >= 15 is 0 Å². The smallest absolute Gasteiger partial charge is 0.416 e. The lowest BCUT2D eigenvalue weighted by Gasteiger charge is -2.11. The number of carbonyl (C=O) groups excluding carboxylic acids is 2. The molecule has 2 aromatic carbocycles. The van der Waals surface area contributed by atoms with E-state index in [1.807, 2.05) is 0 Å². The minimum Gasteiger partial charge on any atom is -0.462 e. The molecule has 0 spiro atoms. The molecule has 222 valence electrons. The number of rotatable bonds is 20. The lowest BCUT2D eigenvalue weighted by molar-refractivity contribution is -0.137. The highest BCUT2D eigenvalue weighted by Crippen LogP contribution is 2.29. The van der Waals surface area contributed by atoms with Crippen molar-refractivity contribution in [3.05, 3.63) is 70.8 Å². The molecule has 0 aromatic heterocycles. The number of alkyl halides is 3. The number of carbonyl (C=O) groups is 2. The summed E-state index contributed by atoms with van der Waals surface area (Å²) in [5.74, 6) is -1.33. The van der Waals surface area contributed by atoms with Crippen molar-refractivity contribution in [2.45, 2.75) is 116 Å². The molecule has 0 fully saturated rings. The van der Waals surface area contributed by atoms with Crippen LogP contribution in [0.2, 0.25) is 0 Å². The number of halogens is 3. The Morgan fingerprint density at radius 2 is 1.02 bits per heavy atom. The Kier molecular flexibility index (Phi) is 16.1. The van der Waals surface area contributed by atoms with Crippen molar-refractivity contribution >= 4 is 11.9 Å². The number of hydrogen-bond donors (Lipinski definition) is 0. The molecule has 0 heterocycles. The number of ether oxygens (including phenoxy) is 2. The third-order valence-corrected chi connectivity index (χ3v) is 7.00. The lowest BCUT2D eigenvalue weighted by atomic mass is 10.0. The molecule has 0 aliphatic heterocycles. The maximum atomic E-state index is 12.7. The van der Waals surface area contributed by atoms with Crippen molar-refractivity contribution in [3.63, 3.8) is 0 Å². The van der Waals surface area contributed by atoms with Crippen molar-refractivity contribution in [1.82, 2.24) is 0 Å². The summed E-state index contributed by atoms with van der Waals surface area (Å²) >= 11 is 0. The Morgan fingerprint density at radius 1 is 0.600 bits per heavy atom. The Balaban J connectivity index is 1.58. The minimum atomic E-state index is -4.43. The molecule has 40 heavy (non-hydrogen) atoms. The third kappa shape index (κ3) is 13.5. The van der Waals surface area contributed by atoms with E-state index in [4.69, 9.17) is 9.47 Å². The van der Waals surface area contributed by atoms with Crippen LogP contribution < -0.4 is 0 Å². The van der Waals surface area contributed by atoms with E-state index in [2.05, 4.69) is 6.92 Å². The average molecular weight is 563 g/mol. The molecular weight excluding hydrogens is 517 g/mol. The molecule has 0 radical (unpaired) electrons. The molecule has 0 saturated carbocycles. The standard InChI is InChI=1S/C33H45F3O4/c1-2-3-4-5-6-7-8-9-10-11-12-13-14-15-18-25-39-31(37)29-19-16-17-20-30(29)32(38)40-26-27-21-23-28(24-22-27)33(34,35)36/h16-17,19-24H,2-15,18,25-26H2,1H3.